The van der Waals surface area contributed by atoms with E-state index < -0.39 is 18.6 Å². The molecule has 1 unspecified atom stereocenters. The van der Waals surface area contributed by atoms with Crippen LogP contribution in [0.25, 0.3) is 0 Å². The zero-order valence-corrected chi connectivity index (χ0v) is 11.9. The van der Waals surface area contributed by atoms with Crippen molar-refractivity contribution >= 4 is 43.2 Å². The molecule has 1 atom stereocenters. The molecule has 1 aromatic rings. The lowest BCUT2D eigenvalue weighted by atomic mass is 10.1. The molecule has 8 heteroatoms. The number of rotatable bonds is 4. The minimum Gasteiger partial charge on any atom is -0.271 e. The third-order valence-corrected chi connectivity index (χ3v) is 5.30. The van der Waals surface area contributed by atoms with E-state index in [1.54, 1.807) is 6.07 Å². The molecule has 0 aliphatic carbocycles. The molecule has 0 amide bonds. The Labute approximate surface area is 112 Å². The minimum atomic E-state index is -4.15. The highest BCUT2D eigenvalue weighted by Crippen LogP contribution is 2.37. The maximum Gasteiger partial charge on any atom is 0.389 e. The molecule has 0 fully saturated rings. The van der Waals surface area contributed by atoms with Gasteiger partial charge in [0, 0.05) is 15.8 Å². The first-order chi connectivity index (χ1) is 7.33. The van der Waals surface area contributed by atoms with Crippen molar-refractivity contribution in [1.29, 1.82) is 0 Å². The summed E-state index contributed by atoms with van der Waals surface area (Å²) in [6.07, 6.45) is -5.07. The second-order valence-electron chi connectivity index (χ2n) is 3.14. The summed E-state index contributed by atoms with van der Waals surface area (Å²) in [6.45, 7) is 0. The lowest BCUT2D eigenvalue weighted by molar-refractivity contribution is -0.136. The summed E-state index contributed by atoms with van der Waals surface area (Å²) in [5.74, 6) is 5.25. The molecule has 92 valence electrons. The smallest absolute Gasteiger partial charge is 0.271 e. The van der Waals surface area contributed by atoms with Crippen LogP contribution in [0.15, 0.2) is 14.3 Å². The number of nitrogens with one attached hydrogen (secondary N) is 1. The van der Waals surface area contributed by atoms with Crippen molar-refractivity contribution in [2.45, 2.75) is 25.1 Å². The van der Waals surface area contributed by atoms with Gasteiger partial charge in [-0.05, 0) is 44.3 Å². The van der Waals surface area contributed by atoms with Crippen LogP contribution < -0.4 is 11.3 Å². The molecule has 0 spiro atoms. The van der Waals surface area contributed by atoms with Gasteiger partial charge in [0.1, 0.15) is 0 Å². The number of alkyl halides is 3. The van der Waals surface area contributed by atoms with Crippen molar-refractivity contribution in [2.24, 2.45) is 5.84 Å². The van der Waals surface area contributed by atoms with Crippen LogP contribution in [0.2, 0.25) is 0 Å². The maximum atomic E-state index is 12.1. The Morgan fingerprint density at radius 1 is 1.44 bits per heavy atom. The SMILES string of the molecule is NNC(CCC(F)(F)F)c1cc(Br)c(Br)s1. The van der Waals surface area contributed by atoms with Crippen LogP contribution in [0, 0.1) is 0 Å². The summed E-state index contributed by atoms with van der Waals surface area (Å²) < 4.78 is 37.9. The number of hydrogen-bond acceptors (Lipinski definition) is 3. The van der Waals surface area contributed by atoms with Gasteiger partial charge < -0.3 is 0 Å². The van der Waals surface area contributed by atoms with Crippen molar-refractivity contribution < 1.29 is 13.2 Å². The average Bonchev–Trinajstić information content (AvgIpc) is 2.46. The molecule has 3 N–H and O–H groups in total. The zero-order valence-electron chi connectivity index (χ0n) is 7.94. The van der Waals surface area contributed by atoms with Crippen LogP contribution in [-0.4, -0.2) is 6.18 Å². The van der Waals surface area contributed by atoms with Crippen LogP contribution in [0.3, 0.4) is 0 Å². The van der Waals surface area contributed by atoms with Crippen molar-refractivity contribution in [3.63, 3.8) is 0 Å². The standard InChI is InChI=1S/C8H9Br2F3N2S/c9-4-3-6(16-7(4)10)5(15-14)1-2-8(11,12)13/h3,5,15H,1-2,14H2. The summed E-state index contributed by atoms with van der Waals surface area (Å²) in [5.41, 5.74) is 2.40. The van der Waals surface area contributed by atoms with Crippen molar-refractivity contribution in [3.8, 4) is 0 Å². The second-order valence-corrected chi connectivity index (χ2v) is 6.40. The third kappa shape index (κ3) is 4.33. The molecule has 0 saturated carbocycles. The van der Waals surface area contributed by atoms with Crippen LogP contribution in [-0.2, 0) is 0 Å². The Kier molecular flexibility index (Phi) is 5.24. The van der Waals surface area contributed by atoms with Gasteiger partial charge in [0.25, 0.3) is 0 Å². The second kappa shape index (κ2) is 5.81. The number of hydrazine groups is 1. The predicted octanol–water partition coefficient (Wildman–Crippen LogP) is 4.12. The van der Waals surface area contributed by atoms with E-state index in [1.807, 2.05) is 0 Å². The average molecular weight is 382 g/mol. The van der Waals surface area contributed by atoms with E-state index in [0.29, 0.717) is 0 Å². The van der Waals surface area contributed by atoms with Gasteiger partial charge in [-0.25, -0.2) is 0 Å². The highest BCUT2D eigenvalue weighted by molar-refractivity contribution is 9.13. The molecule has 1 rings (SSSR count). The Balaban J connectivity index is 2.68. The fraction of sp³-hybridized carbons (Fsp3) is 0.500. The van der Waals surface area contributed by atoms with E-state index in [2.05, 4.69) is 37.3 Å². The number of hydrogen-bond donors (Lipinski definition) is 2. The quantitative estimate of drug-likeness (QED) is 0.608. The molecule has 1 heterocycles. The first-order valence-corrected chi connectivity index (χ1v) is 6.71. The zero-order chi connectivity index (χ0) is 12.3. The summed E-state index contributed by atoms with van der Waals surface area (Å²) in [5, 5.41) is 0. The van der Waals surface area contributed by atoms with Gasteiger partial charge in [0.15, 0.2) is 0 Å². The van der Waals surface area contributed by atoms with Gasteiger partial charge in [-0.3, -0.25) is 11.3 Å². The van der Waals surface area contributed by atoms with Gasteiger partial charge in [-0.15, -0.1) is 11.3 Å². The highest BCUT2D eigenvalue weighted by Gasteiger charge is 2.29. The fourth-order valence-corrected chi connectivity index (χ4v) is 3.34. The van der Waals surface area contributed by atoms with E-state index in [0.717, 1.165) is 13.1 Å². The molecule has 0 radical (unpaired) electrons. The van der Waals surface area contributed by atoms with Gasteiger partial charge in [0.05, 0.1) is 9.83 Å². The number of halogens is 5. The predicted molar refractivity (Wildman–Crippen MR) is 65.1 cm³/mol. The Hall–Kier alpha value is 0.370. The molecule has 0 saturated heterocycles. The number of thiophene rings is 1. The van der Waals surface area contributed by atoms with Gasteiger partial charge in [-0.2, -0.15) is 13.2 Å². The lowest BCUT2D eigenvalue weighted by Crippen LogP contribution is -2.28. The lowest BCUT2D eigenvalue weighted by Gasteiger charge is -2.15. The van der Waals surface area contributed by atoms with E-state index in [4.69, 9.17) is 5.84 Å². The maximum absolute atomic E-state index is 12.1. The summed E-state index contributed by atoms with van der Waals surface area (Å²) >= 11 is 7.92. The molecular weight excluding hydrogens is 373 g/mol. The van der Waals surface area contributed by atoms with Gasteiger partial charge in [0.2, 0.25) is 0 Å². The Morgan fingerprint density at radius 2 is 2.06 bits per heavy atom. The van der Waals surface area contributed by atoms with Gasteiger partial charge >= 0.3 is 6.18 Å². The van der Waals surface area contributed by atoms with Crippen LogP contribution >= 0.6 is 43.2 Å². The fourth-order valence-electron chi connectivity index (χ4n) is 1.15. The van der Waals surface area contributed by atoms with Gasteiger partial charge in [-0.1, -0.05) is 0 Å². The molecule has 2 nitrogen and oxygen atoms in total. The van der Waals surface area contributed by atoms with Crippen molar-refractivity contribution in [2.75, 3.05) is 0 Å². The molecule has 0 aliphatic rings. The highest BCUT2D eigenvalue weighted by atomic mass is 79.9. The van der Waals surface area contributed by atoms with Crippen molar-refractivity contribution in [1.82, 2.24) is 5.43 Å². The summed E-state index contributed by atoms with van der Waals surface area (Å²) in [6, 6.07) is 1.28. The summed E-state index contributed by atoms with van der Waals surface area (Å²) in [7, 11) is 0. The molecule has 0 bridgehead atoms. The summed E-state index contributed by atoms with van der Waals surface area (Å²) in [4.78, 5) is 0.769. The molecule has 0 aliphatic heterocycles. The van der Waals surface area contributed by atoms with Crippen LogP contribution in [0.1, 0.15) is 23.8 Å². The van der Waals surface area contributed by atoms with Crippen molar-refractivity contribution in [3.05, 3.63) is 19.2 Å². The van der Waals surface area contributed by atoms with E-state index in [-0.39, 0.29) is 6.42 Å². The molecular formula is C8H9Br2F3N2S. The first kappa shape index (κ1) is 14.4. The molecule has 0 aromatic carbocycles. The third-order valence-electron chi connectivity index (χ3n) is 1.93. The molecule has 16 heavy (non-hydrogen) atoms. The monoisotopic (exact) mass is 380 g/mol. The Bertz CT molecular complexity index is 334. The number of nitrogens with two attached hydrogens (primary N) is 1. The van der Waals surface area contributed by atoms with Crippen LogP contribution in [0.5, 0.6) is 0 Å². The minimum absolute atomic E-state index is 0.0700. The van der Waals surface area contributed by atoms with E-state index in [9.17, 15) is 13.2 Å². The van der Waals surface area contributed by atoms with E-state index >= 15 is 0 Å². The van der Waals surface area contributed by atoms with E-state index in [1.165, 1.54) is 11.3 Å². The molecule has 1 aromatic heterocycles. The topological polar surface area (TPSA) is 38.0 Å². The normalized spacial score (nSPS) is 14.1. The largest absolute Gasteiger partial charge is 0.389 e. The van der Waals surface area contributed by atoms with Crippen LogP contribution in [0.4, 0.5) is 13.2 Å². The first-order valence-electron chi connectivity index (χ1n) is 4.31. The Morgan fingerprint density at radius 3 is 2.44 bits per heavy atom.